The first-order valence-corrected chi connectivity index (χ1v) is 8.73. The highest BCUT2D eigenvalue weighted by molar-refractivity contribution is 6.33. The highest BCUT2D eigenvalue weighted by Crippen LogP contribution is 2.26. The monoisotopic (exact) mass is 369 g/mol. The second-order valence-corrected chi connectivity index (χ2v) is 6.59. The first kappa shape index (κ1) is 18.0. The number of aryl methyl sites for hydroxylation is 1. The number of anilines is 2. The number of halogens is 1. The summed E-state index contributed by atoms with van der Waals surface area (Å²) in [6.07, 6.45) is 1.60. The maximum Gasteiger partial charge on any atom is 0.282 e. The van der Waals surface area contributed by atoms with Crippen molar-refractivity contribution in [3.05, 3.63) is 64.2 Å². The number of hydrazine groups is 1. The minimum absolute atomic E-state index is 0.0956. The second-order valence-electron chi connectivity index (χ2n) is 6.18. The smallest absolute Gasteiger partial charge is 0.282 e. The maximum absolute atomic E-state index is 12.7. The zero-order chi connectivity index (χ0) is 18.8. The lowest BCUT2D eigenvalue weighted by molar-refractivity contribution is -0.117. The Bertz CT molecular complexity index is 890. The summed E-state index contributed by atoms with van der Waals surface area (Å²) in [5.74, 6) is -0.828. The molecule has 1 aliphatic heterocycles. The Labute approximate surface area is 157 Å². The van der Waals surface area contributed by atoms with Crippen LogP contribution in [0.1, 0.15) is 18.1 Å². The van der Waals surface area contributed by atoms with Gasteiger partial charge in [0.2, 0.25) is 0 Å². The van der Waals surface area contributed by atoms with Gasteiger partial charge in [0, 0.05) is 24.3 Å². The topological polar surface area (TPSA) is 52.7 Å². The Hall–Kier alpha value is -2.79. The third kappa shape index (κ3) is 3.44. The van der Waals surface area contributed by atoms with Gasteiger partial charge in [-0.2, -0.15) is 0 Å². The first-order valence-electron chi connectivity index (χ1n) is 8.35. The van der Waals surface area contributed by atoms with Gasteiger partial charge in [-0.05, 0) is 55.3 Å². The van der Waals surface area contributed by atoms with Crippen LogP contribution in [-0.2, 0) is 9.59 Å². The molecule has 3 rings (SSSR count). The Morgan fingerprint density at radius 2 is 1.85 bits per heavy atom. The average molecular weight is 370 g/mol. The zero-order valence-corrected chi connectivity index (χ0v) is 15.7. The number of rotatable bonds is 4. The molecule has 1 saturated heterocycles. The molecule has 2 aromatic carbocycles. The van der Waals surface area contributed by atoms with Crippen LogP contribution in [0, 0.1) is 6.92 Å². The lowest BCUT2D eigenvalue weighted by Crippen LogP contribution is -2.35. The predicted molar refractivity (Wildman–Crippen MR) is 105 cm³/mol. The van der Waals surface area contributed by atoms with E-state index in [1.807, 2.05) is 44.3 Å². The Kier molecular flexibility index (Phi) is 5.00. The van der Waals surface area contributed by atoms with E-state index < -0.39 is 11.8 Å². The van der Waals surface area contributed by atoms with Gasteiger partial charge in [-0.3, -0.25) is 15.0 Å². The van der Waals surface area contributed by atoms with Crippen LogP contribution in [0.25, 0.3) is 6.08 Å². The van der Waals surface area contributed by atoms with E-state index in [-0.39, 0.29) is 5.57 Å². The summed E-state index contributed by atoms with van der Waals surface area (Å²) in [5, 5.41) is 1.76. The number of carbonyl (C=O) groups excluding carboxylic acids is 2. The molecule has 1 aliphatic rings. The van der Waals surface area contributed by atoms with E-state index in [4.69, 9.17) is 11.6 Å². The van der Waals surface area contributed by atoms with E-state index in [0.717, 1.165) is 23.4 Å². The maximum atomic E-state index is 12.7. The van der Waals surface area contributed by atoms with Gasteiger partial charge in [0.1, 0.15) is 5.57 Å². The number of benzene rings is 2. The van der Waals surface area contributed by atoms with Crippen molar-refractivity contribution in [1.82, 2.24) is 5.43 Å². The molecule has 0 radical (unpaired) electrons. The number of nitrogens with one attached hydrogen (secondary N) is 1. The summed E-state index contributed by atoms with van der Waals surface area (Å²) in [6, 6.07) is 12.9. The highest BCUT2D eigenvalue weighted by Gasteiger charge is 2.34. The molecule has 0 unspecified atom stereocenters. The normalized spacial score (nSPS) is 15.5. The fraction of sp³-hybridized carbons (Fsp3) is 0.200. The number of amides is 2. The third-order valence-corrected chi connectivity index (χ3v) is 4.83. The van der Waals surface area contributed by atoms with Crippen LogP contribution in [-0.4, -0.2) is 25.4 Å². The molecule has 134 valence electrons. The Morgan fingerprint density at radius 3 is 2.46 bits per heavy atom. The van der Waals surface area contributed by atoms with Crippen LogP contribution in [0.2, 0.25) is 5.02 Å². The van der Waals surface area contributed by atoms with Crippen molar-refractivity contribution >= 4 is 40.9 Å². The highest BCUT2D eigenvalue weighted by atomic mass is 35.5. The average Bonchev–Trinajstić information content (AvgIpc) is 2.92. The molecule has 0 aromatic heterocycles. The first-order chi connectivity index (χ1) is 12.4. The molecule has 6 heteroatoms. The Morgan fingerprint density at radius 1 is 1.15 bits per heavy atom. The molecule has 0 aliphatic carbocycles. The van der Waals surface area contributed by atoms with E-state index in [9.17, 15) is 9.59 Å². The standard InChI is InChI=1S/C20H20ClN3O2/c1-4-23(3)15-9-6-14(7-10-15)11-17-19(25)22-24(20(17)26)16-8-5-13(2)18(21)12-16/h5-12H,4H2,1-3H3,(H,22,25)/b17-11-. The summed E-state index contributed by atoms with van der Waals surface area (Å²) in [5.41, 5.74) is 5.98. The molecule has 2 amide bonds. The van der Waals surface area contributed by atoms with Gasteiger partial charge in [0.25, 0.3) is 11.8 Å². The number of hydrogen-bond donors (Lipinski definition) is 1. The van der Waals surface area contributed by atoms with Gasteiger partial charge < -0.3 is 4.90 Å². The largest absolute Gasteiger partial charge is 0.375 e. The molecule has 1 fully saturated rings. The molecule has 5 nitrogen and oxygen atoms in total. The van der Waals surface area contributed by atoms with Crippen molar-refractivity contribution in [1.29, 1.82) is 0 Å². The molecule has 0 saturated carbocycles. The molecule has 0 spiro atoms. The zero-order valence-electron chi connectivity index (χ0n) is 14.9. The molecule has 2 aromatic rings. The number of nitrogens with zero attached hydrogens (tertiary/aromatic N) is 2. The minimum atomic E-state index is -0.429. The van der Waals surface area contributed by atoms with Crippen molar-refractivity contribution in [2.75, 3.05) is 23.5 Å². The third-order valence-electron chi connectivity index (χ3n) is 4.42. The summed E-state index contributed by atoms with van der Waals surface area (Å²) >= 11 is 6.13. The van der Waals surface area contributed by atoms with Gasteiger partial charge in [0.05, 0.1) is 5.69 Å². The number of hydrogen-bond acceptors (Lipinski definition) is 3. The van der Waals surface area contributed by atoms with Gasteiger partial charge in [-0.1, -0.05) is 29.8 Å². The van der Waals surface area contributed by atoms with E-state index in [1.165, 1.54) is 5.01 Å². The fourth-order valence-corrected chi connectivity index (χ4v) is 2.81. The lowest BCUT2D eigenvalue weighted by Gasteiger charge is -2.16. The van der Waals surface area contributed by atoms with Crippen LogP contribution in [0.5, 0.6) is 0 Å². The van der Waals surface area contributed by atoms with E-state index in [1.54, 1.807) is 18.2 Å². The van der Waals surface area contributed by atoms with Crippen molar-refractivity contribution in [2.45, 2.75) is 13.8 Å². The van der Waals surface area contributed by atoms with E-state index >= 15 is 0 Å². The summed E-state index contributed by atoms with van der Waals surface area (Å²) in [7, 11) is 2.01. The van der Waals surface area contributed by atoms with Crippen molar-refractivity contribution in [3.8, 4) is 0 Å². The predicted octanol–water partition coefficient (Wildman–Crippen LogP) is 3.57. The van der Waals surface area contributed by atoms with Crippen molar-refractivity contribution in [2.24, 2.45) is 0 Å². The van der Waals surface area contributed by atoms with Crippen LogP contribution in [0.3, 0.4) is 0 Å². The molecule has 0 bridgehead atoms. The fourth-order valence-electron chi connectivity index (χ4n) is 2.63. The Balaban J connectivity index is 1.86. The van der Waals surface area contributed by atoms with E-state index in [2.05, 4.69) is 17.2 Å². The molecule has 0 atom stereocenters. The number of carbonyl (C=O) groups is 2. The van der Waals surface area contributed by atoms with Crippen LogP contribution >= 0.6 is 11.6 Å². The summed E-state index contributed by atoms with van der Waals surface area (Å²) < 4.78 is 0. The van der Waals surface area contributed by atoms with Crippen molar-refractivity contribution in [3.63, 3.8) is 0 Å². The van der Waals surface area contributed by atoms with Gasteiger partial charge in [-0.25, -0.2) is 5.01 Å². The SMILES string of the molecule is CCN(C)c1ccc(/C=C2/C(=O)NN(c3ccc(C)c(Cl)c3)C2=O)cc1. The minimum Gasteiger partial charge on any atom is -0.375 e. The van der Waals surface area contributed by atoms with Crippen LogP contribution < -0.4 is 15.3 Å². The van der Waals surface area contributed by atoms with Crippen LogP contribution in [0.4, 0.5) is 11.4 Å². The van der Waals surface area contributed by atoms with Gasteiger partial charge in [0.15, 0.2) is 0 Å². The molecule has 1 heterocycles. The molecular weight excluding hydrogens is 350 g/mol. The van der Waals surface area contributed by atoms with Crippen LogP contribution in [0.15, 0.2) is 48.0 Å². The molecular formula is C20H20ClN3O2. The quantitative estimate of drug-likeness (QED) is 0.662. The molecule has 1 N–H and O–H groups in total. The lowest BCUT2D eigenvalue weighted by atomic mass is 10.1. The molecule has 26 heavy (non-hydrogen) atoms. The summed E-state index contributed by atoms with van der Waals surface area (Å²) in [4.78, 5) is 27.0. The van der Waals surface area contributed by atoms with Gasteiger partial charge >= 0.3 is 0 Å². The summed E-state index contributed by atoms with van der Waals surface area (Å²) in [6.45, 7) is 4.85. The second kappa shape index (κ2) is 7.22. The van der Waals surface area contributed by atoms with E-state index in [0.29, 0.717) is 10.7 Å². The van der Waals surface area contributed by atoms with Gasteiger partial charge in [-0.15, -0.1) is 0 Å². The van der Waals surface area contributed by atoms with Crippen molar-refractivity contribution < 1.29 is 9.59 Å².